The SMILES string of the molecule is COc1cccc2ccnc(OC3CCNCC3)c12. The minimum Gasteiger partial charge on any atom is -0.496 e. The first-order valence-corrected chi connectivity index (χ1v) is 6.67. The minimum atomic E-state index is 0.240. The first-order valence-electron chi connectivity index (χ1n) is 6.67. The third-order valence-corrected chi connectivity index (χ3v) is 3.50. The van der Waals surface area contributed by atoms with Crippen LogP contribution in [0.1, 0.15) is 12.8 Å². The Labute approximate surface area is 112 Å². The predicted molar refractivity (Wildman–Crippen MR) is 74.8 cm³/mol. The van der Waals surface area contributed by atoms with Crippen molar-refractivity contribution in [2.45, 2.75) is 18.9 Å². The average Bonchev–Trinajstić information content (AvgIpc) is 2.48. The third kappa shape index (κ3) is 2.49. The summed E-state index contributed by atoms with van der Waals surface area (Å²) in [5.74, 6) is 1.50. The van der Waals surface area contributed by atoms with Crippen molar-refractivity contribution in [1.29, 1.82) is 0 Å². The van der Waals surface area contributed by atoms with Crippen molar-refractivity contribution in [1.82, 2.24) is 10.3 Å². The molecule has 1 aromatic carbocycles. The van der Waals surface area contributed by atoms with Crippen molar-refractivity contribution in [3.63, 3.8) is 0 Å². The van der Waals surface area contributed by atoms with Crippen LogP contribution in [0.3, 0.4) is 0 Å². The quantitative estimate of drug-likeness (QED) is 0.918. The van der Waals surface area contributed by atoms with Crippen LogP contribution in [0.2, 0.25) is 0 Å². The van der Waals surface area contributed by atoms with E-state index >= 15 is 0 Å². The molecule has 1 aliphatic rings. The van der Waals surface area contributed by atoms with Gasteiger partial charge in [0.25, 0.3) is 0 Å². The Morgan fingerprint density at radius 1 is 1.21 bits per heavy atom. The lowest BCUT2D eigenvalue weighted by Gasteiger charge is -2.24. The van der Waals surface area contributed by atoms with E-state index in [4.69, 9.17) is 9.47 Å². The highest BCUT2D eigenvalue weighted by Crippen LogP contribution is 2.33. The molecule has 0 atom stereocenters. The van der Waals surface area contributed by atoms with E-state index in [1.807, 2.05) is 18.2 Å². The smallest absolute Gasteiger partial charge is 0.225 e. The molecule has 2 heterocycles. The van der Waals surface area contributed by atoms with Gasteiger partial charge in [-0.1, -0.05) is 12.1 Å². The summed E-state index contributed by atoms with van der Waals surface area (Å²) in [7, 11) is 1.68. The van der Waals surface area contributed by atoms with Crippen LogP contribution in [0, 0.1) is 0 Å². The van der Waals surface area contributed by atoms with Crippen LogP contribution in [-0.4, -0.2) is 31.3 Å². The lowest BCUT2D eigenvalue weighted by atomic mass is 10.1. The second-order valence-electron chi connectivity index (χ2n) is 4.74. The Morgan fingerprint density at radius 2 is 2.05 bits per heavy atom. The van der Waals surface area contributed by atoms with Crippen LogP contribution in [0.15, 0.2) is 30.5 Å². The molecule has 3 rings (SSSR count). The Hall–Kier alpha value is -1.81. The molecule has 0 amide bonds. The van der Waals surface area contributed by atoms with Crippen LogP contribution < -0.4 is 14.8 Å². The number of pyridine rings is 1. The number of aromatic nitrogens is 1. The molecule has 4 heteroatoms. The Kier molecular flexibility index (Phi) is 3.51. The van der Waals surface area contributed by atoms with E-state index in [2.05, 4.69) is 16.4 Å². The molecule has 0 aliphatic carbocycles. The lowest BCUT2D eigenvalue weighted by molar-refractivity contribution is 0.158. The van der Waals surface area contributed by atoms with Crippen molar-refractivity contribution in [2.24, 2.45) is 0 Å². The molecule has 100 valence electrons. The van der Waals surface area contributed by atoms with Crippen molar-refractivity contribution in [3.8, 4) is 11.6 Å². The molecule has 1 N–H and O–H groups in total. The van der Waals surface area contributed by atoms with Gasteiger partial charge in [0.2, 0.25) is 5.88 Å². The zero-order valence-corrected chi connectivity index (χ0v) is 11.1. The maximum absolute atomic E-state index is 6.08. The molecule has 0 spiro atoms. The van der Waals surface area contributed by atoms with Crippen LogP contribution in [-0.2, 0) is 0 Å². The molecule has 1 aliphatic heterocycles. The van der Waals surface area contributed by atoms with Gasteiger partial charge >= 0.3 is 0 Å². The number of nitrogens with zero attached hydrogens (tertiary/aromatic N) is 1. The minimum absolute atomic E-state index is 0.240. The maximum Gasteiger partial charge on any atom is 0.225 e. The molecular weight excluding hydrogens is 240 g/mol. The molecular formula is C15H18N2O2. The summed E-state index contributed by atoms with van der Waals surface area (Å²) >= 11 is 0. The van der Waals surface area contributed by atoms with E-state index in [1.54, 1.807) is 13.3 Å². The second kappa shape index (κ2) is 5.45. The number of benzene rings is 1. The average molecular weight is 258 g/mol. The van der Waals surface area contributed by atoms with E-state index < -0.39 is 0 Å². The molecule has 0 saturated carbocycles. The summed E-state index contributed by atoms with van der Waals surface area (Å²) in [4.78, 5) is 4.39. The largest absolute Gasteiger partial charge is 0.496 e. The molecule has 2 aromatic rings. The summed E-state index contributed by atoms with van der Waals surface area (Å²) in [5, 5.41) is 5.39. The predicted octanol–water partition coefficient (Wildman–Crippen LogP) is 2.37. The van der Waals surface area contributed by atoms with Crippen LogP contribution in [0.4, 0.5) is 0 Å². The summed E-state index contributed by atoms with van der Waals surface area (Å²) in [6.07, 6.45) is 4.07. The lowest BCUT2D eigenvalue weighted by Crippen LogP contribution is -2.34. The van der Waals surface area contributed by atoms with Gasteiger partial charge in [-0.3, -0.25) is 0 Å². The first kappa shape index (κ1) is 12.2. The number of hydrogen-bond acceptors (Lipinski definition) is 4. The Balaban J connectivity index is 1.97. The van der Waals surface area contributed by atoms with Crippen LogP contribution >= 0.6 is 0 Å². The summed E-state index contributed by atoms with van der Waals surface area (Å²) < 4.78 is 11.5. The van der Waals surface area contributed by atoms with Gasteiger partial charge in [0, 0.05) is 6.20 Å². The Bertz CT molecular complexity index is 560. The van der Waals surface area contributed by atoms with E-state index in [9.17, 15) is 0 Å². The Morgan fingerprint density at radius 3 is 2.84 bits per heavy atom. The number of rotatable bonds is 3. The van der Waals surface area contributed by atoms with Gasteiger partial charge in [-0.25, -0.2) is 4.98 Å². The van der Waals surface area contributed by atoms with Crippen molar-refractivity contribution in [2.75, 3.05) is 20.2 Å². The highest BCUT2D eigenvalue weighted by atomic mass is 16.5. The van der Waals surface area contributed by atoms with E-state index in [-0.39, 0.29) is 6.10 Å². The monoisotopic (exact) mass is 258 g/mol. The fraction of sp³-hybridized carbons (Fsp3) is 0.400. The molecule has 0 bridgehead atoms. The van der Waals surface area contributed by atoms with Gasteiger partial charge < -0.3 is 14.8 Å². The number of fused-ring (bicyclic) bond motifs is 1. The summed E-state index contributed by atoms with van der Waals surface area (Å²) in [6, 6.07) is 7.96. The summed E-state index contributed by atoms with van der Waals surface area (Å²) in [5.41, 5.74) is 0. The fourth-order valence-electron chi connectivity index (χ4n) is 2.50. The molecule has 19 heavy (non-hydrogen) atoms. The number of piperidine rings is 1. The first-order chi connectivity index (χ1) is 9.38. The zero-order valence-electron chi connectivity index (χ0n) is 11.1. The standard InChI is InChI=1S/C15H18N2O2/c1-18-13-4-2-3-11-5-10-17-15(14(11)13)19-12-6-8-16-9-7-12/h2-5,10,12,16H,6-9H2,1H3. The van der Waals surface area contributed by atoms with Gasteiger partial charge in [-0.15, -0.1) is 0 Å². The van der Waals surface area contributed by atoms with Gasteiger partial charge in [-0.05, 0) is 43.5 Å². The van der Waals surface area contributed by atoms with E-state index in [0.29, 0.717) is 5.88 Å². The van der Waals surface area contributed by atoms with Crippen molar-refractivity contribution < 1.29 is 9.47 Å². The van der Waals surface area contributed by atoms with Crippen LogP contribution in [0.25, 0.3) is 10.8 Å². The van der Waals surface area contributed by atoms with Gasteiger partial charge in [0.1, 0.15) is 11.9 Å². The summed E-state index contributed by atoms with van der Waals surface area (Å²) in [6.45, 7) is 2.01. The topological polar surface area (TPSA) is 43.4 Å². The molecule has 0 unspecified atom stereocenters. The van der Waals surface area contributed by atoms with E-state index in [0.717, 1.165) is 42.5 Å². The van der Waals surface area contributed by atoms with Gasteiger partial charge in [0.05, 0.1) is 12.5 Å². The molecule has 0 radical (unpaired) electrons. The maximum atomic E-state index is 6.08. The molecule has 1 saturated heterocycles. The molecule has 1 aromatic heterocycles. The number of ether oxygens (including phenoxy) is 2. The number of methoxy groups -OCH3 is 1. The van der Waals surface area contributed by atoms with Crippen LogP contribution in [0.5, 0.6) is 11.6 Å². The second-order valence-corrected chi connectivity index (χ2v) is 4.74. The fourth-order valence-corrected chi connectivity index (χ4v) is 2.50. The molecule has 1 fully saturated rings. The number of hydrogen-bond donors (Lipinski definition) is 1. The normalized spacial score (nSPS) is 16.5. The van der Waals surface area contributed by atoms with Gasteiger partial charge in [-0.2, -0.15) is 0 Å². The molecule has 4 nitrogen and oxygen atoms in total. The number of nitrogens with one attached hydrogen (secondary N) is 1. The zero-order chi connectivity index (χ0) is 13.1. The van der Waals surface area contributed by atoms with Crippen molar-refractivity contribution >= 4 is 10.8 Å². The highest BCUT2D eigenvalue weighted by molar-refractivity contribution is 5.92. The van der Waals surface area contributed by atoms with E-state index in [1.165, 1.54) is 0 Å². The highest BCUT2D eigenvalue weighted by Gasteiger charge is 2.17. The van der Waals surface area contributed by atoms with Crippen molar-refractivity contribution in [3.05, 3.63) is 30.5 Å². The third-order valence-electron chi connectivity index (χ3n) is 3.50. The van der Waals surface area contributed by atoms with Gasteiger partial charge in [0.15, 0.2) is 0 Å².